The molecule has 200 valence electrons. The maximum Gasteiger partial charge on any atom is 0.314 e. The summed E-state index contributed by atoms with van der Waals surface area (Å²) in [6.45, 7) is 11.8. The number of nitrogens with two attached hydrogens (primary N) is 1. The van der Waals surface area contributed by atoms with Crippen LogP contribution in [0.5, 0.6) is 23.0 Å². The number of hydrogen-bond donors (Lipinski definition) is 1. The Kier molecular flexibility index (Phi) is 13.9. The van der Waals surface area contributed by atoms with E-state index >= 15 is 0 Å². The summed E-state index contributed by atoms with van der Waals surface area (Å²) in [5.74, 6) is 3.44. The van der Waals surface area contributed by atoms with Crippen LogP contribution in [0.4, 0.5) is 4.79 Å². The van der Waals surface area contributed by atoms with Gasteiger partial charge in [-0.05, 0) is 63.0 Å². The highest BCUT2D eigenvalue weighted by Crippen LogP contribution is 2.25. The average Bonchev–Trinajstić information content (AvgIpc) is 2.86. The van der Waals surface area contributed by atoms with Gasteiger partial charge in [-0.3, -0.25) is 0 Å². The second kappa shape index (κ2) is 16.9. The Hall–Kier alpha value is -2.66. The third kappa shape index (κ3) is 9.42. The summed E-state index contributed by atoms with van der Waals surface area (Å²) in [7, 11) is -1.09. The Morgan fingerprint density at radius 2 is 1.14 bits per heavy atom. The first-order valence-corrected chi connectivity index (χ1v) is 16.8. The molecule has 2 amide bonds. The van der Waals surface area contributed by atoms with Crippen molar-refractivity contribution in [3.05, 3.63) is 36.4 Å². The number of para-hydroxylation sites is 2. The predicted molar refractivity (Wildman–Crippen MR) is 154 cm³/mol. The van der Waals surface area contributed by atoms with Gasteiger partial charge in [0, 0.05) is 13.1 Å². The van der Waals surface area contributed by atoms with Gasteiger partial charge in [0.25, 0.3) is 0 Å². The molecule has 7 nitrogen and oxygen atoms in total. The molecule has 2 aromatic rings. The highest BCUT2D eigenvalue weighted by molar-refractivity contribution is 6.55. The molecular formula is C27H44N2O5Si2. The Bertz CT molecular complexity index is 862. The molecule has 0 atom stereocenters. The van der Waals surface area contributed by atoms with E-state index in [9.17, 15) is 4.79 Å². The van der Waals surface area contributed by atoms with Gasteiger partial charge in [-0.25, -0.2) is 4.79 Å². The summed E-state index contributed by atoms with van der Waals surface area (Å²) in [4.78, 5) is 13.8. The van der Waals surface area contributed by atoms with E-state index in [0.717, 1.165) is 47.9 Å². The molecule has 0 heterocycles. The third-order valence-corrected chi connectivity index (χ3v) is 9.76. The average molecular weight is 533 g/mol. The van der Waals surface area contributed by atoms with Crippen LogP contribution in [-0.4, -0.2) is 69.5 Å². The van der Waals surface area contributed by atoms with Crippen molar-refractivity contribution in [2.45, 2.75) is 52.6 Å². The van der Waals surface area contributed by atoms with Gasteiger partial charge in [-0.2, -0.15) is 0 Å². The van der Waals surface area contributed by atoms with Crippen molar-refractivity contribution in [1.82, 2.24) is 4.90 Å². The number of ether oxygens (including phenoxy) is 4. The maximum absolute atomic E-state index is 12.0. The summed E-state index contributed by atoms with van der Waals surface area (Å²) in [6.07, 6.45) is 1.89. The van der Waals surface area contributed by atoms with Gasteiger partial charge in [0.2, 0.25) is 0 Å². The minimum Gasteiger partial charge on any atom is -0.490 e. The van der Waals surface area contributed by atoms with Crippen molar-refractivity contribution in [2.75, 3.05) is 39.5 Å². The van der Waals surface area contributed by atoms with Crippen LogP contribution in [0, 0.1) is 0 Å². The van der Waals surface area contributed by atoms with Crippen LogP contribution in [0.25, 0.3) is 0 Å². The van der Waals surface area contributed by atoms with Crippen molar-refractivity contribution in [1.29, 1.82) is 0 Å². The van der Waals surface area contributed by atoms with Gasteiger partial charge >= 0.3 is 6.03 Å². The van der Waals surface area contributed by atoms with Gasteiger partial charge in [-0.1, -0.05) is 36.4 Å². The topological polar surface area (TPSA) is 83.3 Å². The van der Waals surface area contributed by atoms with Gasteiger partial charge in [0.15, 0.2) is 23.0 Å². The number of carbonyl (C=O) groups is 1. The van der Waals surface area contributed by atoms with Gasteiger partial charge in [0.1, 0.15) is 0 Å². The molecule has 0 fully saturated rings. The lowest BCUT2D eigenvalue weighted by Crippen LogP contribution is -2.37. The molecular weight excluding hydrogens is 488 g/mol. The zero-order valence-electron chi connectivity index (χ0n) is 22.5. The van der Waals surface area contributed by atoms with Crippen LogP contribution < -0.4 is 35.1 Å². The fourth-order valence-corrected chi connectivity index (χ4v) is 7.56. The Labute approximate surface area is 221 Å². The zero-order chi connectivity index (χ0) is 26.2. The number of rotatable bonds is 18. The van der Waals surface area contributed by atoms with Gasteiger partial charge in [-0.15, -0.1) is 0 Å². The number of carbonyl (C=O) groups excluding carboxylic acids is 1. The fraction of sp³-hybridized carbons (Fsp3) is 0.519. The molecule has 0 aromatic heterocycles. The standard InChI is InChI=1S/C27H44N2O5Si2/c1-5-31-21-13-9-15-23(25(21)33-7-3)35-19-11-17-29(27(28)30)18-12-20-36-24-16-10-14-22(32-6-2)26(24)34-8-4/h9-10,13-16H,5-8,11-12,17-20,35-36H2,1-4H3,(H2,28,30). The van der Waals surface area contributed by atoms with E-state index in [1.807, 2.05) is 52.0 Å². The van der Waals surface area contributed by atoms with E-state index in [4.69, 9.17) is 24.7 Å². The van der Waals surface area contributed by atoms with Crippen molar-refractivity contribution in [3.8, 4) is 23.0 Å². The lowest BCUT2D eigenvalue weighted by molar-refractivity contribution is 0.207. The number of urea groups is 1. The maximum atomic E-state index is 12.0. The van der Waals surface area contributed by atoms with Gasteiger partial charge < -0.3 is 29.6 Å². The smallest absolute Gasteiger partial charge is 0.314 e. The molecule has 0 saturated heterocycles. The van der Waals surface area contributed by atoms with Crippen LogP contribution in [0.2, 0.25) is 12.1 Å². The largest absolute Gasteiger partial charge is 0.490 e. The van der Waals surface area contributed by atoms with E-state index in [1.54, 1.807) is 4.90 Å². The monoisotopic (exact) mass is 532 g/mol. The molecule has 0 aliphatic heterocycles. The fourth-order valence-electron chi connectivity index (χ4n) is 4.24. The molecule has 0 unspecified atom stereocenters. The molecule has 0 aliphatic carbocycles. The first-order valence-electron chi connectivity index (χ1n) is 13.3. The summed E-state index contributed by atoms with van der Waals surface area (Å²) >= 11 is 0. The summed E-state index contributed by atoms with van der Waals surface area (Å²) < 4.78 is 23.3. The highest BCUT2D eigenvalue weighted by atomic mass is 28.2. The number of nitrogens with zero attached hydrogens (tertiary/aromatic N) is 1. The molecule has 0 bridgehead atoms. The van der Waals surface area contributed by atoms with E-state index in [2.05, 4.69) is 12.1 Å². The van der Waals surface area contributed by atoms with E-state index in [1.165, 1.54) is 10.4 Å². The lowest BCUT2D eigenvalue weighted by Gasteiger charge is -2.21. The minimum absolute atomic E-state index is 0.333. The quantitative estimate of drug-likeness (QED) is 0.236. The highest BCUT2D eigenvalue weighted by Gasteiger charge is 2.14. The van der Waals surface area contributed by atoms with Crippen molar-refractivity contribution < 1.29 is 23.7 Å². The first-order chi connectivity index (χ1) is 17.5. The number of amides is 2. The van der Waals surface area contributed by atoms with Crippen molar-refractivity contribution >= 4 is 35.4 Å². The summed E-state index contributed by atoms with van der Waals surface area (Å²) in [5.41, 5.74) is 5.69. The first kappa shape index (κ1) is 29.6. The van der Waals surface area contributed by atoms with Crippen molar-refractivity contribution in [2.24, 2.45) is 5.73 Å². The Morgan fingerprint density at radius 1 is 0.722 bits per heavy atom. The molecule has 0 radical (unpaired) electrons. The predicted octanol–water partition coefficient (Wildman–Crippen LogP) is 2.57. The Morgan fingerprint density at radius 3 is 1.50 bits per heavy atom. The second-order valence-corrected chi connectivity index (χ2v) is 12.4. The molecule has 0 aliphatic rings. The molecule has 2 rings (SSSR count). The van der Waals surface area contributed by atoms with Crippen LogP contribution in [-0.2, 0) is 0 Å². The third-order valence-electron chi connectivity index (χ3n) is 5.86. The molecule has 36 heavy (non-hydrogen) atoms. The van der Waals surface area contributed by atoms with E-state index in [0.29, 0.717) is 39.5 Å². The molecule has 9 heteroatoms. The number of primary amides is 1. The normalized spacial score (nSPS) is 11.3. The van der Waals surface area contributed by atoms with E-state index < -0.39 is 19.0 Å². The lowest BCUT2D eigenvalue weighted by atomic mass is 10.3. The molecule has 0 spiro atoms. The van der Waals surface area contributed by atoms with Crippen molar-refractivity contribution in [3.63, 3.8) is 0 Å². The summed E-state index contributed by atoms with van der Waals surface area (Å²) in [6, 6.07) is 14.1. The molecule has 2 N–H and O–H groups in total. The molecule has 2 aromatic carbocycles. The van der Waals surface area contributed by atoms with Crippen LogP contribution in [0.3, 0.4) is 0 Å². The zero-order valence-corrected chi connectivity index (χ0v) is 25.3. The van der Waals surface area contributed by atoms with Crippen LogP contribution in [0.15, 0.2) is 36.4 Å². The SMILES string of the molecule is CCOc1cccc([SiH2]CCCN(CCC[SiH2]c2cccc(OCC)c2OCC)C(N)=O)c1OCC. The summed E-state index contributed by atoms with van der Waals surface area (Å²) in [5, 5.41) is 2.55. The Balaban J connectivity index is 1.84. The van der Waals surface area contributed by atoms with Crippen LogP contribution >= 0.6 is 0 Å². The number of benzene rings is 2. The van der Waals surface area contributed by atoms with Crippen LogP contribution in [0.1, 0.15) is 40.5 Å². The minimum atomic E-state index is -0.546. The van der Waals surface area contributed by atoms with E-state index in [-0.39, 0.29) is 6.03 Å². The van der Waals surface area contributed by atoms with Gasteiger partial charge in [0.05, 0.1) is 45.5 Å². The molecule has 0 saturated carbocycles. The number of hydrogen-bond acceptors (Lipinski definition) is 5. The second-order valence-electron chi connectivity index (χ2n) is 8.46.